The van der Waals surface area contributed by atoms with Gasteiger partial charge in [0.25, 0.3) is 0 Å². The molecule has 4 rings (SSSR count). The van der Waals surface area contributed by atoms with E-state index >= 15 is 0 Å². The van der Waals surface area contributed by atoms with Gasteiger partial charge in [-0.3, -0.25) is 0 Å². The molecule has 0 fully saturated rings. The summed E-state index contributed by atoms with van der Waals surface area (Å²) in [5.74, 6) is 0. The van der Waals surface area contributed by atoms with Crippen molar-refractivity contribution in [2.45, 2.75) is 40.4 Å². The molecule has 2 heteroatoms. The third kappa shape index (κ3) is 3.61. The molecule has 0 N–H and O–H groups in total. The van der Waals surface area contributed by atoms with Crippen molar-refractivity contribution in [3.05, 3.63) is 83.5 Å². The first-order chi connectivity index (χ1) is 14.6. The minimum atomic E-state index is -1.46. The highest BCUT2D eigenvalue weighted by Gasteiger charge is 2.23. The van der Waals surface area contributed by atoms with Crippen molar-refractivity contribution in [3.8, 4) is 22.4 Å². The first kappa shape index (κ1) is 19.3. The first-order valence-corrected chi connectivity index (χ1v) is 14.2. The van der Waals surface area contributed by atoms with E-state index in [1.165, 1.54) is 38.7 Å². The molecule has 0 aliphatic carbocycles. The summed E-state index contributed by atoms with van der Waals surface area (Å²) in [4.78, 5) is 0. The monoisotopic (exact) mass is 411 g/mol. The van der Waals surface area contributed by atoms with Crippen LogP contribution < -0.4 is 9.75 Å². The molecule has 0 radical (unpaired) electrons. The Balaban J connectivity index is 2.08. The van der Waals surface area contributed by atoms with Gasteiger partial charge in [-0.05, 0) is 53.6 Å². The van der Waals surface area contributed by atoms with Crippen LogP contribution in [0.2, 0.25) is 19.6 Å². The summed E-state index contributed by atoms with van der Waals surface area (Å²) in [6.07, 6.45) is 0. The number of benzene rings is 3. The van der Waals surface area contributed by atoms with E-state index in [9.17, 15) is 0 Å². The molecule has 0 saturated heterocycles. The summed E-state index contributed by atoms with van der Waals surface area (Å²) in [7, 11) is 0.632. The van der Waals surface area contributed by atoms with E-state index in [1.54, 1.807) is 0 Å². The molecule has 0 unspecified atom stereocenters. The Morgan fingerprint density at radius 1 is 0.833 bits per heavy atom. The van der Waals surface area contributed by atoms with Gasteiger partial charge < -0.3 is 0 Å². The number of rotatable bonds is 3. The highest BCUT2D eigenvalue weighted by molar-refractivity contribution is 6.88. The first-order valence-electron chi connectivity index (χ1n) is 11.2. The van der Waals surface area contributed by atoms with Crippen LogP contribution in [0.1, 0.15) is 18.2 Å². The molecular formula is C28H32NSi+. The third-order valence-electron chi connectivity index (χ3n) is 6.32. The van der Waals surface area contributed by atoms with E-state index in [4.69, 9.17) is 1.37 Å². The van der Waals surface area contributed by atoms with E-state index in [0.29, 0.717) is 6.04 Å². The van der Waals surface area contributed by atoms with Gasteiger partial charge in [-0.15, -0.1) is 0 Å². The summed E-state index contributed by atoms with van der Waals surface area (Å²) in [6, 6.07) is 22.6. The number of hydrogen-bond donors (Lipinski definition) is 0. The molecular weight excluding hydrogens is 378 g/mol. The molecule has 1 nitrogen and oxygen atoms in total. The summed E-state index contributed by atoms with van der Waals surface area (Å²) in [5, 5.41) is 3.62. The fraction of sp³-hybridized carbons (Fsp3) is 0.250. The van der Waals surface area contributed by atoms with Crippen LogP contribution in [-0.4, -0.2) is 8.07 Å². The number of aromatic nitrogens is 1. The lowest BCUT2D eigenvalue weighted by Crippen LogP contribution is -2.38. The van der Waals surface area contributed by atoms with Crippen LogP contribution in [0.15, 0.2) is 66.7 Å². The lowest BCUT2D eigenvalue weighted by molar-refractivity contribution is -0.665. The van der Waals surface area contributed by atoms with Crippen molar-refractivity contribution in [3.63, 3.8) is 0 Å². The lowest BCUT2D eigenvalue weighted by Gasteiger charge is -2.18. The van der Waals surface area contributed by atoms with E-state index in [-0.39, 0.29) is 0 Å². The Labute approximate surface area is 183 Å². The molecule has 0 saturated carbocycles. The Morgan fingerprint density at radius 2 is 1.53 bits per heavy atom. The van der Waals surface area contributed by atoms with E-state index in [2.05, 4.69) is 113 Å². The third-order valence-corrected chi connectivity index (χ3v) is 8.37. The average Bonchev–Trinajstić information content (AvgIpc) is 2.74. The van der Waals surface area contributed by atoms with Crippen molar-refractivity contribution >= 4 is 24.0 Å². The van der Waals surface area contributed by atoms with E-state index < -0.39 is 8.07 Å². The molecule has 0 amide bonds. The molecule has 152 valence electrons. The van der Waals surface area contributed by atoms with Gasteiger partial charge in [0.1, 0.15) is 7.05 Å². The fourth-order valence-electron chi connectivity index (χ4n) is 4.18. The zero-order valence-electron chi connectivity index (χ0n) is 20.2. The average molecular weight is 412 g/mol. The Morgan fingerprint density at radius 3 is 2.20 bits per heavy atom. The zero-order valence-corrected chi connectivity index (χ0v) is 20.2. The van der Waals surface area contributed by atoms with Crippen molar-refractivity contribution in [1.82, 2.24) is 0 Å². The van der Waals surface area contributed by atoms with Crippen LogP contribution in [0.5, 0.6) is 0 Å². The molecule has 3 aromatic carbocycles. The molecule has 0 spiro atoms. The second kappa shape index (κ2) is 7.52. The quantitative estimate of drug-likeness (QED) is 0.269. The SMILES string of the molecule is [2H]c1c(C)[n+](C)c(-c2cc(-c3ccccc3)cc(C)c2C)c2ccc([Si](C)(C)C)cc12. The molecule has 0 aliphatic rings. The second-order valence-corrected chi connectivity index (χ2v) is 14.5. The van der Waals surface area contributed by atoms with Gasteiger partial charge in [-0.25, -0.2) is 0 Å². The van der Waals surface area contributed by atoms with Gasteiger partial charge in [-0.2, -0.15) is 4.57 Å². The number of hydrogen-bond acceptors (Lipinski definition) is 0. The van der Waals surface area contributed by atoms with Crippen molar-refractivity contribution < 1.29 is 5.94 Å². The van der Waals surface area contributed by atoms with Crippen LogP contribution in [0.25, 0.3) is 33.2 Å². The van der Waals surface area contributed by atoms with Gasteiger partial charge in [0.2, 0.25) is 5.69 Å². The fourth-order valence-corrected chi connectivity index (χ4v) is 5.34. The summed E-state index contributed by atoms with van der Waals surface area (Å²) < 4.78 is 11.1. The number of pyridine rings is 1. The number of fused-ring (bicyclic) bond motifs is 1. The highest BCUT2D eigenvalue weighted by atomic mass is 28.3. The molecule has 0 atom stereocenters. The topological polar surface area (TPSA) is 3.88 Å². The van der Waals surface area contributed by atoms with Crippen molar-refractivity contribution in [2.75, 3.05) is 0 Å². The normalized spacial score (nSPS) is 12.3. The molecule has 1 heterocycles. The standard InChI is InChI=1S/C28H32NSi/c1-19-15-23(22-11-9-8-10-12-22)18-27(21(19)3)28-26-14-13-25(30(5,6)7)17-24(26)16-20(2)29(28)4/h8-18H,1-7H3/q+1/i16D. The summed E-state index contributed by atoms with van der Waals surface area (Å²) >= 11 is 0. The van der Waals surface area contributed by atoms with Crippen LogP contribution in [-0.2, 0) is 7.05 Å². The Bertz CT molecular complexity index is 1300. The van der Waals surface area contributed by atoms with E-state index in [1.807, 2.05) is 0 Å². The summed E-state index contributed by atoms with van der Waals surface area (Å²) in [5.41, 5.74) is 8.49. The van der Waals surface area contributed by atoms with Gasteiger partial charge in [0, 0.05) is 13.0 Å². The van der Waals surface area contributed by atoms with Gasteiger partial charge in [0.05, 0.1) is 20.4 Å². The van der Waals surface area contributed by atoms with Crippen LogP contribution in [0, 0.1) is 20.8 Å². The number of nitrogens with zero attached hydrogens (tertiary/aromatic N) is 1. The predicted molar refractivity (Wildman–Crippen MR) is 133 cm³/mol. The maximum absolute atomic E-state index is 8.86. The maximum Gasteiger partial charge on any atom is 0.220 e. The Hall–Kier alpha value is -2.71. The van der Waals surface area contributed by atoms with Gasteiger partial charge >= 0.3 is 0 Å². The smallest absolute Gasteiger partial charge is 0.198 e. The van der Waals surface area contributed by atoms with Crippen LogP contribution in [0.4, 0.5) is 0 Å². The van der Waals surface area contributed by atoms with Crippen LogP contribution in [0.3, 0.4) is 0 Å². The largest absolute Gasteiger partial charge is 0.220 e. The highest BCUT2D eigenvalue weighted by Crippen LogP contribution is 2.34. The summed E-state index contributed by atoms with van der Waals surface area (Å²) in [6.45, 7) is 13.6. The van der Waals surface area contributed by atoms with Gasteiger partial charge in [0.15, 0.2) is 5.69 Å². The molecule has 0 bridgehead atoms. The lowest BCUT2D eigenvalue weighted by atomic mass is 9.92. The van der Waals surface area contributed by atoms with E-state index in [0.717, 1.165) is 16.5 Å². The zero-order chi connectivity index (χ0) is 22.5. The molecule has 0 aliphatic heterocycles. The van der Waals surface area contributed by atoms with Gasteiger partial charge in [-0.1, -0.05) is 73.4 Å². The minimum absolute atomic E-state index is 0.634. The minimum Gasteiger partial charge on any atom is -0.198 e. The molecule has 4 aromatic rings. The molecule has 1 aromatic heterocycles. The second-order valence-electron chi connectivity index (χ2n) is 9.46. The Kier molecular flexibility index (Phi) is 4.83. The van der Waals surface area contributed by atoms with Crippen molar-refractivity contribution in [1.29, 1.82) is 0 Å². The number of aryl methyl sites for hydroxylation is 1. The predicted octanol–water partition coefficient (Wildman–Crippen LogP) is 6.47. The van der Waals surface area contributed by atoms with Crippen molar-refractivity contribution in [2.24, 2.45) is 7.05 Å². The molecule has 30 heavy (non-hydrogen) atoms. The maximum atomic E-state index is 8.86. The van der Waals surface area contributed by atoms with Crippen LogP contribution >= 0.6 is 0 Å².